The van der Waals surface area contributed by atoms with Crippen LogP contribution < -0.4 is 4.90 Å². The summed E-state index contributed by atoms with van der Waals surface area (Å²) in [5.41, 5.74) is 5.11. The third-order valence-corrected chi connectivity index (χ3v) is 7.51. The van der Waals surface area contributed by atoms with E-state index in [0.29, 0.717) is 17.0 Å². The van der Waals surface area contributed by atoms with Gasteiger partial charge in [-0.1, -0.05) is 17.7 Å². The first-order chi connectivity index (χ1) is 15.9. The zero-order valence-electron chi connectivity index (χ0n) is 19.6. The number of carbonyl (C=O) groups is 1. The number of hydrogen-bond acceptors (Lipinski definition) is 4. The van der Waals surface area contributed by atoms with Crippen molar-refractivity contribution in [1.82, 2.24) is 19.8 Å². The van der Waals surface area contributed by atoms with Crippen LogP contribution in [-0.2, 0) is 4.79 Å². The van der Waals surface area contributed by atoms with E-state index in [-0.39, 0.29) is 5.92 Å². The molecule has 1 aromatic heterocycles. The molecular formula is C26H32ClN5O. The van der Waals surface area contributed by atoms with Crippen LogP contribution in [0.4, 0.5) is 5.69 Å². The first-order valence-electron chi connectivity index (χ1n) is 11.9. The molecule has 1 unspecified atom stereocenters. The fourth-order valence-electron chi connectivity index (χ4n) is 5.17. The number of rotatable bonds is 4. The number of amides is 1. The van der Waals surface area contributed by atoms with Crippen molar-refractivity contribution in [3.8, 4) is 11.4 Å². The minimum absolute atomic E-state index is 0.0490. The van der Waals surface area contributed by atoms with Crippen molar-refractivity contribution in [2.75, 3.05) is 45.2 Å². The number of aromatic amines is 1. The fourth-order valence-corrected chi connectivity index (χ4v) is 5.38. The van der Waals surface area contributed by atoms with E-state index in [9.17, 15) is 4.79 Å². The third kappa shape index (κ3) is 4.46. The second-order valence-corrected chi connectivity index (χ2v) is 10.2. The van der Waals surface area contributed by atoms with Gasteiger partial charge in [-0.15, -0.1) is 0 Å². The van der Waals surface area contributed by atoms with Gasteiger partial charge in [-0.2, -0.15) is 0 Å². The molecule has 0 radical (unpaired) electrons. The summed E-state index contributed by atoms with van der Waals surface area (Å²) >= 11 is 6.59. The summed E-state index contributed by atoms with van der Waals surface area (Å²) in [4.78, 5) is 28.1. The van der Waals surface area contributed by atoms with E-state index in [4.69, 9.17) is 16.6 Å². The summed E-state index contributed by atoms with van der Waals surface area (Å²) in [6.07, 6.45) is 3.04. The predicted molar refractivity (Wildman–Crippen MR) is 135 cm³/mol. The Hall–Kier alpha value is -2.57. The smallest absolute Gasteiger partial charge is 0.227 e. The van der Waals surface area contributed by atoms with E-state index in [1.165, 1.54) is 5.56 Å². The summed E-state index contributed by atoms with van der Waals surface area (Å²) in [6, 6.07) is 12.8. The number of piperidine rings is 1. The Bertz CT molecular complexity index is 1170. The van der Waals surface area contributed by atoms with Gasteiger partial charge in [-0.3, -0.25) is 4.79 Å². The largest absolute Gasteiger partial charge is 0.371 e. The summed E-state index contributed by atoms with van der Waals surface area (Å²) in [5, 5.41) is 0.672. The van der Waals surface area contributed by atoms with Crippen LogP contribution in [0.2, 0.25) is 5.02 Å². The highest BCUT2D eigenvalue weighted by Gasteiger charge is 2.34. The molecule has 2 saturated heterocycles. The minimum Gasteiger partial charge on any atom is -0.371 e. The molecule has 1 N–H and O–H groups in total. The number of imidazole rings is 1. The Morgan fingerprint density at radius 3 is 2.76 bits per heavy atom. The Labute approximate surface area is 200 Å². The number of fused-ring (bicyclic) bond motifs is 1. The molecule has 0 aliphatic carbocycles. The van der Waals surface area contributed by atoms with Crippen LogP contribution in [0.3, 0.4) is 0 Å². The molecule has 0 bridgehead atoms. The van der Waals surface area contributed by atoms with Crippen LogP contribution in [0.1, 0.15) is 24.8 Å². The average Bonchev–Trinajstić information content (AvgIpc) is 3.46. The zero-order chi connectivity index (χ0) is 23.1. The highest BCUT2D eigenvalue weighted by atomic mass is 35.5. The Morgan fingerprint density at radius 1 is 1.12 bits per heavy atom. The lowest BCUT2D eigenvalue weighted by atomic mass is 9.96. The number of carbonyl (C=O) groups excluding carboxylic acids is 1. The maximum Gasteiger partial charge on any atom is 0.227 e. The minimum atomic E-state index is 0.0490. The number of aromatic nitrogens is 2. The van der Waals surface area contributed by atoms with E-state index in [1.807, 2.05) is 6.07 Å². The molecule has 2 atom stereocenters. The number of halogens is 1. The molecule has 3 aromatic rings. The lowest BCUT2D eigenvalue weighted by Gasteiger charge is -2.35. The molecule has 5 rings (SSSR count). The number of benzene rings is 2. The quantitative estimate of drug-likeness (QED) is 0.613. The van der Waals surface area contributed by atoms with E-state index in [1.54, 1.807) is 0 Å². The first kappa shape index (κ1) is 22.2. The number of nitrogens with one attached hydrogen (secondary N) is 1. The number of nitrogens with zero attached hydrogens (tertiary/aromatic N) is 4. The average molecular weight is 466 g/mol. The van der Waals surface area contributed by atoms with Crippen molar-refractivity contribution in [2.24, 2.45) is 5.92 Å². The molecule has 6 nitrogen and oxygen atoms in total. The second kappa shape index (κ2) is 8.99. The number of likely N-dealkylation sites (N-methyl/N-ethyl adjacent to an activating group) is 1. The SMILES string of the molecule is Cc1ccc2[nH]c(-c3cc(N4CCC[C@@H](C(=O)N5CCC(N(C)C)C5)C4)ccc3Cl)nc2c1. The van der Waals surface area contributed by atoms with E-state index in [2.05, 4.69) is 71.0 Å². The van der Waals surface area contributed by atoms with Crippen LogP contribution in [0.25, 0.3) is 22.4 Å². The third-order valence-electron chi connectivity index (χ3n) is 7.18. The normalized spacial score (nSPS) is 21.4. The first-order valence-corrected chi connectivity index (χ1v) is 12.2. The van der Waals surface area contributed by atoms with Crippen LogP contribution in [0.15, 0.2) is 36.4 Å². The number of anilines is 1. The van der Waals surface area contributed by atoms with Gasteiger partial charge in [-0.05, 0) is 76.2 Å². The molecule has 2 aliphatic rings. The molecular weight excluding hydrogens is 434 g/mol. The Kier molecular flexibility index (Phi) is 6.06. The molecule has 2 fully saturated rings. The van der Waals surface area contributed by atoms with Gasteiger partial charge in [0, 0.05) is 43.5 Å². The van der Waals surface area contributed by atoms with Crippen LogP contribution in [-0.4, -0.2) is 72.0 Å². The fraction of sp³-hybridized carbons (Fsp3) is 0.462. The topological polar surface area (TPSA) is 55.5 Å². The van der Waals surface area contributed by atoms with E-state index >= 15 is 0 Å². The summed E-state index contributed by atoms with van der Waals surface area (Å²) < 4.78 is 0. The second-order valence-electron chi connectivity index (χ2n) is 9.75. The number of likely N-dealkylation sites (tertiary alicyclic amines) is 1. The molecule has 174 valence electrons. The highest BCUT2D eigenvalue weighted by molar-refractivity contribution is 6.33. The van der Waals surface area contributed by atoms with Gasteiger partial charge >= 0.3 is 0 Å². The summed E-state index contributed by atoms with van der Waals surface area (Å²) in [5.74, 6) is 1.14. The van der Waals surface area contributed by atoms with Crippen molar-refractivity contribution in [3.05, 3.63) is 47.0 Å². The van der Waals surface area contributed by atoms with Gasteiger partial charge < -0.3 is 19.7 Å². The van der Waals surface area contributed by atoms with Gasteiger partial charge in [-0.25, -0.2) is 4.98 Å². The molecule has 0 saturated carbocycles. The van der Waals surface area contributed by atoms with Crippen molar-refractivity contribution in [3.63, 3.8) is 0 Å². The lowest BCUT2D eigenvalue weighted by molar-refractivity contribution is -0.134. The Morgan fingerprint density at radius 2 is 1.97 bits per heavy atom. The molecule has 33 heavy (non-hydrogen) atoms. The monoisotopic (exact) mass is 465 g/mol. The number of H-pyrrole nitrogens is 1. The van der Waals surface area contributed by atoms with Gasteiger partial charge in [0.05, 0.1) is 22.0 Å². The molecule has 7 heteroatoms. The van der Waals surface area contributed by atoms with Crippen molar-refractivity contribution >= 4 is 34.2 Å². The van der Waals surface area contributed by atoms with Gasteiger partial charge in [0.1, 0.15) is 5.82 Å². The predicted octanol–water partition coefficient (Wildman–Crippen LogP) is 4.57. The Balaban J connectivity index is 1.35. The standard InChI is InChI=1S/C26H32ClN5O/c1-17-6-9-23-24(13-17)29-25(28-23)21-14-19(7-8-22(21)27)31-11-4-5-18(15-31)26(33)32-12-10-20(16-32)30(2)3/h6-9,13-14,18,20H,4-5,10-12,15-16H2,1-3H3,(H,28,29)/t18-,20?/m1/s1. The van der Waals surface area contributed by atoms with Crippen molar-refractivity contribution < 1.29 is 4.79 Å². The molecule has 3 heterocycles. The van der Waals surface area contributed by atoms with Gasteiger partial charge in [0.15, 0.2) is 0 Å². The maximum atomic E-state index is 13.3. The van der Waals surface area contributed by atoms with E-state index < -0.39 is 0 Å². The maximum absolute atomic E-state index is 13.3. The summed E-state index contributed by atoms with van der Waals surface area (Å²) in [6.45, 7) is 5.48. The van der Waals surface area contributed by atoms with Crippen LogP contribution in [0, 0.1) is 12.8 Å². The van der Waals surface area contributed by atoms with Gasteiger partial charge in [0.2, 0.25) is 5.91 Å². The molecule has 2 aromatic carbocycles. The highest BCUT2D eigenvalue weighted by Crippen LogP contribution is 2.34. The molecule has 1 amide bonds. The number of hydrogen-bond donors (Lipinski definition) is 1. The zero-order valence-corrected chi connectivity index (χ0v) is 20.4. The van der Waals surface area contributed by atoms with Crippen LogP contribution >= 0.6 is 11.6 Å². The van der Waals surface area contributed by atoms with Crippen molar-refractivity contribution in [2.45, 2.75) is 32.2 Å². The van der Waals surface area contributed by atoms with Gasteiger partial charge in [0.25, 0.3) is 0 Å². The molecule has 2 aliphatic heterocycles. The van der Waals surface area contributed by atoms with E-state index in [0.717, 1.165) is 73.6 Å². The molecule has 0 spiro atoms. The number of aryl methyl sites for hydroxylation is 1. The van der Waals surface area contributed by atoms with Crippen molar-refractivity contribution in [1.29, 1.82) is 0 Å². The van der Waals surface area contributed by atoms with Crippen LogP contribution in [0.5, 0.6) is 0 Å². The lowest BCUT2D eigenvalue weighted by Crippen LogP contribution is -2.45. The summed E-state index contributed by atoms with van der Waals surface area (Å²) in [7, 11) is 4.20.